The molecule has 0 aliphatic carbocycles. The second kappa shape index (κ2) is 9.13. The van der Waals surface area contributed by atoms with Gasteiger partial charge in [0.1, 0.15) is 18.1 Å². The zero-order chi connectivity index (χ0) is 23.8. The maximum atomic E-state index is 14.9. The predicted molar refractivity (Wildman–Crippen MR) is 125 cm³/mol. The molecule has 7 nitrogen and oxygen atoms in total. The smallest absolute Gasteiger partial charge is 0.178 e. The highest BCUT2D eigenvalue weighted by Crippen LogP contribution is 2.39. The molecule has 34 heavy (non-hydrogen) atoms. The first-order valence-corrected chi connectivity index (χ1v) is 11.5. The average Bonchev–Trinajstić information content (AvgIpc) is 3.26. The minimum atomic E-state index is -0.619. The van der Waals surface area contributed by atoms with E-state index >= 15 is 0 Å². The Morgan fingerprint density at radius 1 is 1.12 bits per heavy atom. The SMILES string of the molecule is CC(C)N1CCOc2c(F)cc(-c3nc(Cc4ccc(N5CCC(O)C5)cn4)ncc3F)cc21. The number of aromatic nitrogens is 3. The van der Waals surface area contributed by atoms with Crippen LogP contribution in [-0.4, -0.2) is 58.4 Å². The normalized spacial score (nSPS) is 17.8. The fourth-order valence-electron chi connectivity index (χ4n) is 4.51. The van der Waals surface area contributed by atoms with Gasteiger partial charge in [-0.2, -0.15) is 0 Å². The Morgan fingerprint density at radius 3 is 2.68 bits per heavy atom. The summed E-state index contributed by atoms with van der Waals surface area (Å²) in [7, 11) is 0. The van der Waals surface area contributed by atoms with Gasteiger partial charge in [-0.3, -0.25) is 4.98 Å². The lowest BCUT2D eigenvalue weighted by Gasteiger charge is -2.34. The molecule has 1 aromatic carbocycles. The van der Waals surface area contributed by atoms with Crippen molar-refractivity contribution in [2.75, 3.05) is 36.0 Å². The topological polar surface area (TPSA) is 74.6 Å². The zero-order valence-corrected chi connectivity index (χ0v) is 19.2. The van der Waals surface area contributed by atoms with Crippen LogP contribution in [0.5, 0.6) is 5.75 Å². The molecule has 0 spiro atoms. The Morgan fingerprint density at radius 2 is 1.97 bits per heavy atom. The average molecular weight is 468 g/mol. The Balaban J connectivity index is 1.41. The maximum absolute atomic E-state index is 14.9. The molecule has 1 saturated heterocycles. The van der Waals surface area contributed by atoms with Gasteiger partial charge in [0.2, 0.25) is 0 Å². The van der Waals surface area contributed by atoms with E-state index in [1.807, 2.05) is 30.9 Å². The van der Waals surface area contributed by atoms with Crippen LogP contribution in [0.3, 0.4) is 0 Å². The van der Waals surface area contributed by atoms with Gasteiger partial charge in [0, 0.05) is 30.4 Å². The van der Waals surface area contributed by atoms with Gasteiger partial charge in [-0.15, -0.1) is 0 Å². The lowest BCUT2D eigenvalue weighted by atomic mass is 10.1. The molecule has 2 aromatic heterocycles. The lowest BCUT2D eigenvalue weighted by Crippen LogP contribution is -2.38. The van der Waals surface area contributed by atoms with Crippen LogP contribution < -0.4 is 14.5 Å². The fourth-order valence-corrected chi connectivity index (χ4v) is 4.51. The number of nitrogens with zero attached hydrogens (tertiary/aromatic N) is 5. The summed E-state index contributed by atoms with van der Waals surface area (Å²) in [6, 6.07) is 6.95. The monoisotopic (exact) mass is 467 g/mol. The van der Waals surface area contributed by atoms with E-state index in [4.69, 9.17) is 4.74 Å². The number of β-amino-alcohol motifs (C(OH)–C–C–N with tert-alkyl or cyclic N) is 1. The van der Waals surface area contributed by atoms with Gasteiger partial charge in [-0.1, -0.05) is 0 Å². The minimum absolute atomic E-state index is 0.0451. The summed E-state index contributed by atoms with van der Waals surface area (Å²) >= 11 is 0. The van der Waals surface area contributed by atoms with Crippen LogP contribution in [0.15, 0.2) is 36.7 Å². The molecule has 2 aliphatic rings. The lowest BCUT2D eigenvalue weighted by molar-refractivity contribution is 0.198. The van der Waals surface area contributed by atoms with E-state index in [0.717, 1.165) is 30.5 Å². The number of aliphatic hydroxyl groups excluding tert-OH is 1. The van der Waals surface area contributed by atoms with Gasteiger partial charge in [-0.05, 0) is 44.5 Å². The predicted octanol–water partition coefficient (Wildman–Crippen LogP) is 3.59. The number of anilines is 2. The molecule has 1 N–H and O–H groups in total. The Hall–Kier alpha value is -3.33. The summed E-state index contributed by atoms with van der Waals surface area (Å²) < 4.78 is 35.2. The molecule has 1 atom stereocenters. The van der Waals surface area contributed by atoms with Crippen LogP contribution in [0.1, 0.15) is 31.8 Å². The number of ether oxygens (including phenoxy) is 1. The van der Waals surface area contributed by atoms with E-state index < -0.39 is 11.6 Å². The van der Waals surface area contributed by atoms with Crippen LogP contribution >= 0.6 is 0 Å². The van der Waals surface area contributed by atoms with Gasteiger partial charge < -0.3 is 19.6 Å². The molecule has 4 heterocycles. The summed E-state index contributed by atoms with van der Waals surface area (Å²) in [5.41, 5.74) is 2.66. The van der Waals surface area contributed by atoms with Crippen LogP contribution in [0.2, 0.25) is 0 Å². The van der Waals surface area contributed by atoms with Crippen molar-refractivity contribution in [2.45, 2.75) is 38.8 Å². The quantitative estimate of drug-likeness (QED) is 0.615. The summed E-state index contributed by atoms with van der Waals surface area (Å²) in [4.78, 5) is 17.1. The minimum Gasteiger partial charge on any atom is -0.486 e. The fraction of sp³-hybridized carbons (Fsp3) is 0.400. The van der Waals surface area contributed by atoms with E-state index in [9.17, 15) is 13.9 Å². The molecule has 9 heteroatoms. The molecule has 5 rings (SSSR count). The Kier molecular flexibility index (Phi) is 6.03. The highest BCUT2D eigenvalue weighted by molar-refractivity contribution is 5.72. The largest absolute Gasteiger partial charge is 0.486 e. The molecule has 0 bridgehead atoms. The van der Waals surface area contributed by atoms with Crippen molar-refractivity contribution in [3.05, 3.63) is 59.8 Å². The summed E-state index contributed by atoms with van der Waals surface area (Å²) in [5, 5.41) is 9.73. The third-order valence-corrected chi connectivity index (χ3v) is 6.28. The first kappa shape index (κ1) is 22.5. The van der Waals surface area contributed by atoms with Gasteiger partial charge in [0.15, 0.2) is 17.4 Å². The van der Waals surface area contributed by atoms with E-state index in [1.165, 1.54) is 6.07 Å². The third kappa shape index (κ3) is 4.40. The number of hydrogen-bond acceptors (Lipinski definition) is 7. The second-order valence-corrected chi connectivity index (χ2v) is 9.00. The van der Waals surface area contributed by atoms with Gasteiger partial charge in [-0.25, -0.2) is 18.7 Å². The number of rotatable bonds is 5. The number of halogens is 2. The summed E-state index contributed by atoms with van der Waals surface area (Å²) in [6.45, 7) is 6.46. The highest BCUT2D eigenvalue weighted by atomic mass is 19.1. The Labute approximate surface area is 197 Å². The molecule has 0 saturated carbocycles. The number of hydrogen-bond donors (Lipinski definition) is 1. The highest BCUT2D eigenvalue weighted by Gasteiger charge is 2.26. The van der Waals surface area contributed by atoms with E-state index in [-0.39, 0.29) is 23.6 Å². The molecular weight excluding hydrogens is 440 g/mol. The van der Waals surface area contributed by atoms with Gasteiger partial charge in [0.05, 0.1) is 42.8 Å². The number of benzene rings is 1. The molecule has 2 aliphatic heterocycles. The Bertz CT molecular complexity index is 1190. The van der Waals surface area contributed by atoms with Crippen molar-refractivity contribution < 1.29 is 18.6 Å². The second-order valence-electron chi connectivity index (χ2n) is 9.00. The summed E-state index contributed by atoms with van der Waals surface area (Å²) in [5.74, 6) is -0.579. The number of fused-ring (bicyclic) bond motifs is 1. The van der Waals surface area contributed by atoms with Gasteiger partial charge >= 0.3 is 0 Å². The molecule has 1 fully saturated rings. The third-order valence-electron chi connectivity index (χ3n) is 6.28. The molecule has 178 valence electrons. The van der Waals surface area contributed by atoms with Gasteiger partial charge in [0.25, 0.3) is 0 Å². The number of aliphatic hydroxyl groups is 1. The zero-order valence-electron chi connectivity index (χ0n) is 19.2. The van der Waals surface area contributed by atoms with Crippen LogP contribution in [0.4, 0.5) is 20.2 Å². The van der Waals surface area contributed by atoms with E-state index in [1.54, 1.807) is 12.3 Å². The van der Waals surface area contributed by atoms with Crippen molar-refractivity contribution in [1.82, 2.24) is 15.0 Å². The number of pyridine rings is 1. The van der Waals surface area contributed by atoms with Crippen molar-refractivity contribution in [2.24, 2.45) is 0 Å². The van der Waals surface area contributed by atoms with E-state index in [0.29, 0.717) is 43.2 Å². The van der Waals surface area contributed by atoms with Crippen LogP contribution in [0, 0.1) is 11.6 Å². The molecule has 0 radical (unpaired) electrons. The molecule has 3 aromatic rings. The van der Waals surface area contributed by atoms with Crippen LogP contribution in [0.25, 0.3) is 11.3 Å². The van der Waals surface area contributed by atoms with Crippen molar-refractivity contribution >= 4 is 11.4 Å². The first-order valence-electron chi connectivity index (χ1n) is 11.5. The van der Waals surface area contributed by atoms with Crippen molar-refractivity contribution in [1.29, 1.82) is 0 Å². The maximum Gasteiger partial charge on any atom is 0.178 e. The van der Waals surface area contributed by atoms with Crippen molar-refractivity contribution in [3.63, 3.8) is 0 Å². The van der Waals surface area contributed by atoms with E-state index in [2.05, 4.69) is 19.9 Å². The molecular formula is C25H27F2N5O2. The summed E-state index contributed by atoms with van der Waals surface area (Å²) in [6.07, 6.45) is 3.63. The first-order chi connectivity index (χ1) is 16.4. The molecule has 1 unspecified atom stereocenters. The standard InChI is InChI=1S/C25H27F2N5O2/c1-15(2)32-7-8-34-25-20(26)9-16(10-22(25)32)24-21(27)13-29-23(30-24)11-17-3-4-18(12-28-17)31-6-5-19(33)14-31/h3-4,9-10,12-13,15,19,33H,5-8,11,14H2,1-2H3. The van der Waals surface area contributed by atoms with Crippen molar-refractivity contribution in [3.8, 4) is 17.0 Å². The molecule has 0 amide bonds. The van der Waals surface area contributed by atoms with Crippen LogP contribution in [-0.2, 0) is 6.42 Å².